The summed E-state index contributed by atoms with van der Waals surface area (Å²) in [5.41, 5.74) is 7.36. The molecule has 1 aromatic carbocycles. The lowest BCUT2D eigenvalue weighted by atomic mass is 10.1. The van der Waals surface area contributed by atoms with Crippen LogP contribution in [0.1, 0.15) is 26.7 Å². The summed E-state index contributed by atoms with van der Waals surface area (Å²) in [5, 5.41) is 2.41. The first-order valence-electron chi connectivity index (χ1n) is 7.28. The number of nitrogens with two attached hydrogens (primary N) is 1. The summed E-state index contributed by atoms with van der Waals surface area (Å²) in [6.07, 6.45) is 0.751. The Morgan fingerprint density at radius 1 is 1.41 bits per heavy atom. The van der Waals surface area contributed by atoms with Crippen LogP contribution in [0, 0.1) is 0 Å². The molecular weight excluding hydrogens is 300 g/mol. The van der Waals surface area contributed by atoms with Crippen LogP contribution >= 0.6 is 11.3 Å². The van der Waals surface area contributed by atoms with Gasteiger partial charge in [0.2, 0.25) is 0 Å². The van der Waals surface area contributed by atoms with Gasteiger partial charge in [0.25, 0.3) is 0 Å². The molecule has 6 heteroatoms. The molecule has 0 saturated heterocycles. The summed E-state index contributed by atoms with van der Waals surface area (Å²) < 4.78 is 10.9. The smallest absolute Gasteiger partial charge is 0.347 e. The Morgan fingerprint density at radius 2 is 2.23 bits per heavy atom. The average Bonchev–Trinajstić information content (AvgIpc) is 2.97. The first kappa shape index (κ1) is 16.3. The molecule has 1 unspecified atom stereocenters. The van der Waals surface area contributed by atoms with Gasteiger partial charge in [-0.3, -0.25) is 0 Å². The van der Waals surface area contributed by atoms with Crippen molar-refractivity contribution in [2.45, 2.75) is 32.8 Å². The Labute approximate surface area is 134 Å². The van der Waals surface area contributed by atoms with Gasteiger partial charge in [-0.25, -0.2) is 9.78 Å². The van der Waals surface area contributed by atoms with E-state index >= 15 is 0 Å². The zero-order valence-electron chi connectivity index (χ0n) is 12.7. The summed E-state index contributed by atoms with van der Waals surface area (Å²) in [5.74, 6) is 0.289. The topological polar surface area (TPSA) is 74.4 Å². The summed E-state index contributed by atoms with van der Waals surface area (Å²) in [7, 11) is 0. The van der Waals surface area contributed by atoms with Gasteiger partial charge in [-0.15, -0.1) is 11.3 Å². The fourth-order valence-electron chi connectivity index (χ4n) is 1.91. The van der Waals surface area contributed by atoms with Gasteiger partial charge in [-0.05, 0) is 25.0 Å². The van der Waals surface area contributed by atoms with Gasteiger partial charge < -0.3 is 15.2 Å². The van der Waals surface area contributed by atoms with E-state index in [1.807, 2.05) is 43.5 Å². The first-order valence-corrected chi connectivity index (χ1v) is 8.16. The van der Waals surface area contributed by atoms with Crippen molar-refractivity contribution in [3.63, 3.8) is 0 Å². The van der Waals surface area contributed by atoms with E-state index in [4.69, 9.17) is 15.2 Å². The normalized spacial score (nSPS) is 11.9. The Kier molecular flexibility index (Phi) is 5.77. The lowest BCUT2D eigenvalue weighted by molar-refractivity contribution is -0.152. The third-order valence-corrected chi connectivity index (χ3v) is 3.69. The number of esters is 1. The van der Waals surface area contributed by atoms with Gasteiger partial charge in [-0.1, -0.05) is 26.0 Å². The van der Waals surface area contributed by atoms with E-state index in [1.54, 1.807) is 0 Å². The number of anilines is 1. The van der Waals surface area contributed by atoms with Crippen molar-refractivity contribution < 1.29 is 14.3 Å². The van der Waals surface area contributed by atoms with E-state index in [1.165, 1.54) is 11.3 Å². The molecule has 1 aromatic heterocycles. The lowest BCUT2D eigenvalue weighted by Crippen LogP contribution is -2.28. The van der Waals surface area contributed by atoms with Gasteiger partial charge in [0.1, 0.15) is 5.75 Å². The van der Waals surface area contributed by atoms with Crippen molar-refractivity contribution in [2.75, 3.05) is 12.3 Å². The van der Waals surface area contributed by atoms with Gasteiger partial charge in [-0.2, -0.15) is 0 Å². The van der Waals surface area contributed by atoms with E-state index in [9.17, 15) is 4.79 Å². The second-order valence-electron chi connectivity index (χ2n) is 4.78. The van der Waals surface area contributed by atoms with E-state index in [2.05, 4.69) is 4.98 Å². The largest absolute Gasteiger partial charge is 0.479 e. The fraction of sp³-hybridized carbons (Fsp3) is 0.375. The van der Waals surface area contributed by atoms with Gasteiger partial charge in [0.05, 0.1) is 12.3 Å². The zero-order valence-corrected chi connectivity index (χ0v) is 13.6. The molecule has 0 aliphatic carbocycles. The highest BCUT2D eigenvalue weighted by atomic mass is 32.1. The van der Waals surface area contributed by atoms with E-state index in [0.29, 0.717) is 23.9 Å². The van der Waals surface area contributed by atoms with Crippen molar-refractivity contribution in [3.05, 3.63) is 29.6 Å². The van der Waals surface area contributed by atoms with E-state index in [-0.39, 0.29) is 5.97 Å². The number of nitrogens with zero attached hydrogens (tertiary/aromatic N) is 1. The molecular formula is C16H20N2O3S. The van der Waals surface area contributed by atoms with Crippen LogP contribution in [0.5, 0.6) is 5.75 Å². The van der Waals surface area contributed by atoms with Crippen LogP contribution in [0.2, 0.25) is 0 Å². The van der Waals surface area contributed by atoms with Crippen molar-refractivity contribution in [1.82, 2.24) is 4.98 Å². The van der Waals surface area contributed by atoms with Crippen molar-refractivity contribution in [1.29, 1.82) is 0 Å². The summed E-state index contributed by atoms with van der Waals surface area (Å²) in [4.78, 5) is 16.2. The highest BCUT2D eigenvalue weighted by molar-refractivity contribution is 7.13. The van der Waals surface area contributed by atoms with E-state index in [0.717, 1.165) is 17.7 Å². The van der Waals surface area contributed by atoms with Crippen LogP contribution in [0.3, 0.4) is 0 Å². The van der Waals surface area contributed by atoms with Crippen LogP contribution in [-0.2, 0) is 9.53 Å². The Balaban J connectivity index is 2.10. The van der Waals surface area contributed by atoms with Gasteiger partial charge in [0.15, 0.2) is 11.2 Å². The molecule has 2 rings (SSSR count). The van der Waals surface area contributed by atoms with Gasteiger partial charge in [0, 0.05) is 10.9 Å². The maximum atomic E-state index is 11.9. The Hall–Kier alpha value is -2.08. The third kappa shape index (κ3) is 4.21. The summed E-state index contributed by atoms with van der Waals surface area (Å²) in [6, 6.07) is 7.46. The summed E-state index contributed by atoms with van der Waals surface area (Å²) in [6.45, 7) is 4.26. The average molecular weight is 320 g/mol. The maximum Gasteiger partial charge on any atom is 0.347 e. The van der Waals surface area contributed by atoms with Crippen LogP contribution in [0.25, 0.3) is 11.3 Å². The van der Waals surface area contributed by atoms with Crippen LogP contribution in [-0.4, -0.2) is 23.7 Å². The molecule has 118 valence electrons. The van der Waals surface area contributed by atoms with Crippen LogP contribution in [0.4, 0.5) is 5.13 Å². The number of hydrogen-bond donors (Lipinski definition) is 1. The molecule has 0 amide bonds. The SMILES string of the molecule is CCCOC(=O)C(CC)Oc1cccc(-c2csc(N)n2)c1. The van der Waals surface area contributed by atoms with Crippen LogP contribution < -0.4 is 10.5 Å². The number of aromatic nitrogens is 1. The highest BCUT2D eigenvalue weighted by Crippen LogP contribution is 2.27. The minimum Gasteiger partial charge on any atom is -0.479 e. The molecule has 0 aliphatic heterocycles. The van der Waals surface area contributed by atoms with Gasteiger partial charge >= 0.3 is 5.97 Å². The second kappa shape index (κ2) is 7.79. The molecule has 0 spiro atoms. The number of nitrogen functional groups attached to an aromatic ring is 1. The van der Waals surface area contributed by atoms with Crippen molar-refractivity contribution in [3.8, 4) is 17.0 Å². The number of thiazole rings is 1. The molecule has 0 aliphatic rings. The fourth-order valence-corrected chi connectivity index (χ4v) is 2.48. The predicted molar refractivity (Wildman–Crippen MR) is 87.9 cm³/mol. The van der Waals surface area contributed by atoms with Crippen molar-refractivity contribution in [2.24, 2.45) is 0 Å². The second-order valence-corrected chi connectivity index (χ2v) is 5.67. The highest BCUT2D eigenvalue weighted by Gasteiger charge is 2.20. The zero-order chi connectivity index (χ0) is 15.9. The quantitative estimate of drug-likeness (QED) is 0.790. The summed E-state index contributed by atoms with van der Waals surface area (Å²) >= 11 is 1.39. The molecule has 2 N–H and O–H groups in total. The molecule has 0 bridgehead atoms. The monoisotopic (exact) mass is 320 g/mol. The minimum absolute atomic E-state index is 0.326. The molecule has 5 nitrogen and oxygen atoms in total. The number of benzene rings is 1. The van der Waals surface area contributed by atoms with Crippen LogP contribution in [0.15, 0.2) is 29.6 Å². The molecule has 0 fully saturated rings. The molecule has 1 atom stereocenters. The Morgan fingerprint density at radius 3 is 2.86 bits per heavy atom. The molecule has 0 saturated carbocycles. The minimum atomic E-state index is -0.595. The first-order chi connectivity index (χ1) is 10.6. The molecule has 2 aromatic rings. The number of hydrogen-bond acceptors (Lipinski definition) is 6. The maximum absolute atomic E-state index is 11.9. The number of carbonyl (C=O) groups excluding carboxylic acids is 1. The predicted octanol–water partition coefficient (Wildman–Crippen LogP) is 3.50. The van der Waals surface area contributed by atoms with Crippen molar-refractivity contribution >= 4 is 22.4 Å². The molecule has 0 radical (unpaired) electrons. The molecule has 1 heterocycles. The number of carbonyl (C=O) groups is 1. The number of rotatable bonds is 7. The standard InChI is InChI=1S/C16H20N2O3S/c1-3-8-20-15(19)14(4-2)21-12-7-5-6-11(9-12)13-10-22-16(17)18-13/h5-7,9-10,14H,3-4,8H2,1-2H3,(H2,17,18). The number of ether oxygens (including phenoxy) is 2. The van der Waals surface area contributed by atoms with E-state index < -0.39 is 6.10 Å². The lowest BCUT2D eigenvalue weighted by Gasteiger charge is -2.16. The third-order valence-electron chi connectivity index (χ3n) is 3.01. The Bertz CT molecular complexity index is 627. The molecule has 22 heavy (non-hydrogen) atoms.